The van der Waals surface area contributed by atoms with Crippen LogP contribution in [0.3, 0.4) is 0 Å². The van der Waals surface area contributed by atoms with Crippen molar-refractivity contribution in [2.75, 3.05) is 51.3 Å². The lowest BCUT2D eigenvalue weighted by atomic mass is 10.0. The number of carbonyl (C=O) groups excluding carboxylic acids is 2. The molecule has 0 spiro atoms. The van der Waals surface area contributed by atoms with Gasteiger partial charge in [-0.25, -0.2) is 18.0 Å². The fraction of sp³-hybridized carbons (Fsp3) is 0.500. The molecule has 0 aromatic heterocycles. The number of esters is 1. The number of aliphatic hydroxyl groups is 1. The number of benzene rings is 1. The maximum Gasteiger partial charge on any atom is 0.343 e. The number of anilines is 1. The third-order valence-electron chi connectivity index (χ3n) is 4.72. The highest BCUT2D eigenvalue weighted by atomic mass is 19.2. The van der Waals surface area contributed by atoms with Gasteiger partial charge < -0.3 is 25.0 Å². The Morgan fingerprint density at radius 2 is 1.87 bits per heavy atom. The lowest BCUT2D eigenvalue weighted by Gasteiger charge is -2.34. The molecule has 0 bridgehead atoms. The van der Waals surface area contributed by atoms with Crippen molar-refractivity contribution in [2.24, 2.45) is 0 Å². The van der Waals surface area contributed by atoms with Crippen molar-refractivity contribution in [1.82, 2.24) is 10.2 Å². The molecule has 166 valence electrons. The van der Waals surface area contributed by atoms with E-state index in [2.05, 4.69) is 5.32 Å². The zero-order chi connectivity index (χ0) is 22.4. The minimum Gasteiger partial charge on any atom is -0.462 e. The molecular weight excluding hydrogens is 403 g/mol. The van der Waals surface area contributed by atoms with E-state index in [1.807, 2.05) is 11.9 Å². The van der Waals surface area contributed by atoms with Gasteiger partial charge in [0.05, 0.1) is 18.8 Å². The number of nitrogens with zero attached hydrogens (tertiary/aromatic N) is 2. The molecule has 1 aliphatic heterocycles. The Bertz CT molecular complexity index is 824. The fourth-order valence-electron chi connectivity index (χ4n) is 2.92. The summed E-state index contributed by atoms with van der Waals surface area (Å²) in [6.45, 7) is 4.40. The summed E-state index contributed by atoms with van der Waals surface area (Å²) in [6, 6.07) is 0.0665. The number of ketones is 1. The lowest BCUT2D eigenvalue weighted by molar-refractivity contribution is -0.138. The molecule has 7 nitrogen and oxygen atoms in total. The summed E-state index contributed by atoms with van der Waals surface area (Å²) in [5.74, 6) is -6.43. The summed E-state index contributed by atoms with van der Waals surface area (Å²) >= 11 is 0. The molecule has 1 atom stereocenters. The number of aliphatic hydroxyl groups excluding tert-OH is 1. The Labute approximate surface area is 173 Å². The number of nitrogens with one attached hydrogen (secondary N) is 1. The zero-order valence-electron chi connectivity index (χ0n) is 17.2. The van der Waals surface area contributed by atoms with Gasteiger partial charge in [0.15, 0.2) is 11.6 Å². The van der Waals surface area contributed by atoms with Gasteiger partial charge in [-0.1, -0.05) is 0 Å². The number of halogens is 3. The summed E-state index contributed by atoms with van der Waals surface area (Å²) in [4.78, 5) is 28.3. The number of piperazine rings is 1. The molecule has 2 rings (SSSR count). The Balaban J connectivity index is 2.42. The lowest BCUT2D eigenvalue weighted by Crippen LogP contribution is -2.45. The molecule has 0 aliphatic carbocycles. The van der Waals surface area contributed by atoms with E-state index in [1.165, 1.54) is 11.8 Å². The van der Waals surface area contributed by atoms with Crippen molar-refractivity contribution < 1.29 is 32.6 Å². The SMILES string of the molecule is CCOC(=O)/C(=C\N[C@@H](C)CO)C(=O)c1cc(F)c(N2CCN(C)CC2)c(F)c1F. The number of hydrogen-bond acceptors (Lipinski definition) is 7. The van der Waals surface area contributed by atoms with Crippen LogP contribution in [0.25, 0.3) is 0 Å². The monoisotopic (exact) mass is 429 g/mol. The molecule has 1 fully saturated rings. The van der Waals surface area contributed by atoms with Crippen LogP contribution in [0.1, 0.15) is 24.2 Å². The van der Waals surface area contributed by atoms with Crippen LogP contribution in [-0.2, 0) is 9.53 Å². The topological polar surface area (TPSA) is 82.1 Å². The van der Waals surface area contributed by atoms with Crippen molar-refractivity contribution in [3.63, 3.8) is 0 Å². The number of carbonyl (C=O) groups is 2. The van der Waals surface area contributed by atoms with Gasteiger partial charge in [-0.15, -0.1) is 0 Å². The van der Waals surface area contributed by atoms with Gasteiger partial charge in [0.25, 0.3) is 0 Å². The molecule has 1 heterocycles. The van der Waals surface area contributed by atoms with Crippen molar-refractivity contribution in [1.29, 1.82) is 0 Å². The minimum absolute atomic E-state index is 0.0629. The quantitative estimate of drug-likeness (QED) is 0.162. The number of rotatable bonds is 8. The Kier molecular flexibility index (Phi) is 8.24. The smallest absolute Gasteiger partial charge is 0.343 e. The second-order valence-electron chi connectivity index (χ2n) is 7.03. The van der Waals surface area contributed by atoms with Crippen LogP contribution in [0.5, 0.6) is 0 Å². The van der Waals surface area contributed by atoms with E-state index in [9.17, 15) is 22.8 Å². The molecule has 0 amide bonds. The zero-order valence-corrected chi connectivity index (χ0v) is 17.2. The molecule has 1 aromatic rings. The van der Waals surface area contributed by atoms with Crippen molar-refractivity contribution in [3.05, 3.63) is 40.9 Å². The molecule has 0 radical (unpaired) electrons. The number of hydrogen-bond donors (Lipinski definition) is 2. The Hall–Kier alpha value is -2.59. The average Bonchev–Trinajstić information content (AvgIpc) is 2.72. The molecule has 10 heteroatoms. The van der Waals surface area contributed by atoms with E-state index >= 15 is 0 Å². The first-order valence-corrected chi connectivity index (χ1v) is 9.61. The third kappa shape index (κ3) is 5.31. The summed E-state index contributed by atoms with van der Waals surface area (Å²) in [6.07, 6.45) is 0.949. The first-order chi connectivity index (χ1) is 14.2. The fourth-order valence-corrected chi connectivity index (χ4v) is 2.92. The molecular formula is C20H26F3N3O4. The van der Waals surface area contributed by atoms with E-state index in [0.717, 1.165) is 6.20 Å². The Morgan fingerprint density at radius 3 is 2.43 bits per heavy atom. The van der Waals surface area contributed by atoms with E-state index in [1.54, 1.807) is 6.92 Å². The molecule has 0 saturated carbocycles. The van der Waals surface area contributed by atoms with Gasteiger partial charge >= 0.3 is 5.97 Å². The minimum atomic E-state index is -1.54. The first-order valence-electron chi connectivity index (χ1n) is 9.61. The van der Waals surface area contributed by atoms with Crippen LogP contribution in [0.2, 0.25) is 0 Å². The largest absolute Gasteiger partial charge is 0.462 e. The average molecular weight is 429 g/mol. The van der Waals surface area contributed by atoms with Crippen LogP contribution in [0.15, 0.2) is 17.8 Å². The van der Waals surface area contributed by atoms with Gasteiger partial charge in [-0.3, -0.25) is 4.79 Å². The molecule has 0 unspecified atom stereocenters. The van der Waals surface area contributed by atoms with Gasteiger partial charge in [-0.2, -0.15) is 0 Å². The van der Waals surface area contributed by atoms with Crippen LogP contribution in [0, 0.1) is 17.5 Å². The van der Waals surface area contributed by atoms with E-state index in [4.69, 9.17) is 9.84 Å². The number of ether oxygens (including phenoxy) is 1. The molecule has 1 aromatic carbocycles. The van der Waals surface area contributed by atoms with Gasteiger partial charge in [0.1, 0.15) is 17.1 Å². The highest BCUT2D eigenvalue weighted by Crippen LogP contribution is 2.30. The first kappa shape index (κ1) is 23.7. The summed E-state index contributed by atoms with van der Waals surface area (Å²) in [7, 11) is 1.86. The Morgan fingerprint density at radius 1 is 1.23 bits per heavy atom. The maximum atomic E-state index is 14.8. The van der Waals surface area contributed by atoms with Gasteiger partial charge in [0, 0.05) is 38.4 Å². The van der Waals surface area contributed by atoms with Gasteiger partial charge in [0.2, 0.25) is 5.78 Å². The molecule has 1 aliphatic rings. The van der Waals surface area contributed by atoms with Crippen molar-refractivity contribution in [2.45, 2.75) is 19.9 Å². The van der Waals surface area contributed by atoms with Crippen molar-refractivity contribution in [3.8, 4) is 0 Å². The maximum absolute atomic E-state index is 14.8. The highest BCUT2D eigenvalue weighted by Gasteiger charge is 2.31. The predicted octanol–water partition coefficient (Wildman–Crippen LogP) is 1.46. The van der Waals surface area contributed by atoms with E-state index in [-0.39, 0.29) is 13.2 Å². The normalized spacial score (nSPS) is 16.4. The summed E-state index contributed by atoms with van der Waals surface area (Å²) in [5, 5.41) is 11.7. The third-order valence-corrected chi connectivity index (χ3v) is 4.72. The second-order valence-corrected chi connectivity index (χ2v) is 7.03. The van der Waals surface area contributed by atoms with Crippen LogP contribution >= 0.6 is 0 Å². The van der Waals surface area contributed by atoms with E-state index in [0.29, 0.717) is 32.2 Å². The number of likely N-dealkylation sites (N-methyl/N-ethyl adjacent to an activating group) is 1. The van der Waals surface area contributed by atoms with E-state index < -0.39 is 52.1 Å². The number of Topliss-reactive ketones (excluding diaryl/α,β-unsaturated/α-hetero) is 1. The predicted molar refractivity (Wildman–Crippen MR) is 105 cm³/mol. The summed E-state index contributed by atoms with van der Waals surface area (Å²) in [5.41, 5.74) is -2.09. The van der Waals surface area contributed by atoms with Crippen LogP contribution < -0.4 is 10.2 Å². The molecule has 2 N–H and O–H groups in total. The molecule has 1 saturated heterocycles. The standard InChI is InChI=1S/C20H26F3N3O4/c1-4-30-20(29)14(10-24-12(2)11-27)19(28)13-9-15(21)18(17(23)16(13)22)26-7-5-25(3)6-8-26/h9-10,12,24,27H,4-8,11H2,1-3H3/b14-10-/t12-/m0/s1. The summed E-state index contributed by atoms with van der Waals surface area (Å²) < 4.78 is 49.0. The molecule has 30 heavy (non-hydrogen) atoms. The van der Waals surface area contributed by atoms with Gasteiger partial charge in [-0.05, 0) is 27.0 Å². The van der Waals surface area contributed by atoms with Crippen LogP contribution in [-0.4, -0.2) is 74.2 Å². The van der Waals surface area contributed by atoms with Crippen LogP contribution in [0.4, 0.5) is 18.9 Å². The van der Waals surface area contributed by atoms with Crippen molar-refractivity contribution >= 4 is 17.4 Å². The second kappa shape index (κ2) is 10.4. The highest BCUT2D eigenvalue weighted by molar-refractivity contribution is 6.24.